The Bertz CT molecular complexity index is 1120. The van der Waals surface area contributed by atoms with Gasteiger partial charge in [0.05, 0.1) is 31.2 Å². The molecule has 5 rings (SSSR count). The van der Waals surface area contributed by atoms with Crippen LogP contribution in [-0.2, 0) is 16.1 Å². The van der Waals surface area contributed by atoms with Gasteiger partial charge in [-0.3, -0.25) is 9.69 Å². The van der Waals surface area contributed by atoms with Gasteiger partial charge < -0.3 is 14.6 Å². The monoisotopic (exact) mass is 499 g/mol. The van der Waals surface area contributed by atoms with E-state index < -0.39 is 0 Å². The molecule has 1 aliphatic heterocycles. The van der Waals surface area contributed by atoms with Crippen LogP contribution in [0.5, 0.6) is 0 Å². The summed E-state index contributed by atoms with van der Waals surface area (Å²) in [6.07, 6.45) is 6.32. The summed E-state index contributed by atoms with van der Waals surface area (Å²) >= 11 is 1.35. The van der Waals surface area contributed by atoms with Gasteiger partial charge in [0, 0.05) is 37.8 Å². The minimum Gasteiger partial charge on any atom is -0.379 e. The van der Waals surface area contributed by atoms with Crippen molar-refractivity contribution < 1.29 is 13.9 Å². The van der Waals surface area contributed by atoms with Crippen molar-refractivity contribution in [1.29, 1.82) is 0 Å². The van der Waals surface area contributed by atoms with E-state index in [1.165, 1.54) is 36.7 Å². The number of aromatic nitrogens is 5. The fraction of sp³-hybridized carbons (Fsp3) is 0.500. The molecule has 1 N–H and O–H groups in total. The third-order valence-electron chi connectivity index (χ3n) is 6.50. The molecule has 1 amide bonds. The van der Waals surface area contributed by atoms with Crippen LogP contribution in [0.2, 0.25) is 0 Å². The Morgan fingerprint density at radius 1 is 1.09 bits per heavy atom. The first kappa shape index (κ1) is 24.0. The van der Waals surface area contributed by atoms with Crippen LogP contribution >= 0.6 is 11.8 Å². The zero-order chi connectivity index (χ0) is 24.0. The molecule has 2 aromatic heterocycles. The molecule has 1 aromatic carbocycles. The normalized spacial score (nSPS) is 17.2. The van der Waals surface area contributed by atoms with Gasteiger partial charge in [-0.2, -0.15) is 5.10 Å². The number of halogens is 1. The number of anilines is 1. The lowest BCUT2D eigenvalue weighted by Gasteiger charge is -2.27. The second kappa shape index (κ2) is 11.3. The third kappa shape index (κ3) is 5.91. The number of hydrogen-bond acceptors (Lipinski definition) is 7. The van der Waals surface area contributed by atoms with Crippen molar-refractivity contribution in [2.75, 3.05) is 43.9 Å². The maximum Gasteiger partial charge on any atom is 0.235 e. The van der Waals surface area contributed by atoms with Gasteiger partial charge in [0.15, 0.2) is 11.0 Å². The maximum atomic E-state index is 13.5. The highest BCUT2D eigenvalue weighted by atomic mass is 32.2. The first-order valence-electron chi connectivity index (χ1n) is 12.1. The topological polar surface area (TPSA) is 90.1 Å². The number of benzene rings is 1. The Morgan fingerprint density at radius 2 is 1.86 bits per heavy atom. The molecule has 0 spiro atoms. The molecule has 35 heavy (non-hydrogen) atoms. The lowest BCUT2D eigenvalue weighted by atomic mass is 10.2. The lowest BCUT2D eigenvalue weighted by molar-refractivity contribution is -0.113. The van der Waals surface area contributed by atoms with Crippen LogP contribution in [0.3, 0.4) is 0 Å². The van der Waals surface area contributed by atoms with Gasteiger partial charge in [-0.25, -0.2) is 9.07 Å². The average molecular weight is 500 g/mol. The molecule has 0 bridgehead atoms. The number of morpholine rings is 1. The van der Waals surface area contributed by atoms with Crippen molar-refractivity contribution in [3.63, 3.8) is 0 Å². The zero-order valence-corrected chi connectivity index (χ0v) is 20.4. The Balaban J connectivity index is 1.27. The van der Waals surface area contributed by atoms with E-state index in [1.807, 2.05) is 15.3 Å². The Labute approximate surface area is 208 Å². The highest BCUT2D eigenvalue weighted by Gasteiger charge is 2.21. The highest BCUT2D eigenvalue weighted by molar-refractivity contribution is 7.99. The summed E-state index contributed by atoms with van der Waals surface area (Å²) in [5, 5.41) is 16.8. The minimum absolute atomic E-state index is 0.110. The van der Waals surface area contributed by atoms with E-state index in [0.717, 1.165) is 57.1 Å². The van der Waals surface area contributed by atoms with Crippen LogP contribution in [0.1, 0.15) is 31.7 Å². The Morgan fingerprint density at radius 3 is 2.63 bits per heavy atom. The summed E-state index contributed by atoms with van der Waals surface area (Å²) in [7, 11) is 0. The van der Waals surface area contributed by atoms with Crippen LogP contribution < -0.4 is 5.32 Å². The number of hydrogen-bond donors (Lipinski definition) is 1. The van der Waals surface area contributed by atoms with E-state index in [9.17, 15) is 9.18 Å². The summed E-state index contributed by atoms with van der Waals surface area (Å²) < 4.78 is 22.9. The van der Waals surface area contributed by atoms with Crippen molar-refractivity contribution in [2.24, 2.45) is 0 Å². The molecule has 9 nitrogen and oxygen atoms in total. The molecule has 186 valence electrons. The molecule has 3 heterocycles. The van der Waals surface area contributed by atoms with E-state index in [4.69, 9.17) is 4.74 Å². The van der Waals surface area contributed by atoms with Crippen molar-refractivity contribution >= 4 is 23.5 Å². The van der Waals surface area contributed by atoms with Gasteiger partial charge in [0.1, 0.15) is 11.6 Å². The molecule has 0 radical (unpaired) electrons. The third-order valence-corrected chi connectivity index (χ3v) is 7.47. The largest absolute Gasteiger partial charge is 0.379 e. The van der Waals surface area contributed by atoms with Gasteiger partial charge in [0.25, 0.3) is 0 Å². The maximum absolute atomic E-state index is 13.5. The van der Waals surface area contributed by atoms with Crippen LogP contribution in [0, 0.1) is 5.82 Å². The first-order chi connectivity index (χ1) is 17.2. The van der Waals surface area contributed by atoms with E-state index in [2.05, 4.69) is 25.5 Å². The molecule has 1 aliphatic carbocycles. The summed E-state index contributed by atoms with van der Waals surface area (Å²) in [6, 6.07) is 8.45. The van der Waals surface area contributed by atoms with Crippen LogP contribution in [-0.4, -0.2) is 74.0 Å². The molecule has 1 saturated heterocycles. The summed E-state index contributed by atoms with van der Waals surface area (Å²) in [4.78, 5) is 15.1. The minimum atomic E-state index is -0.295. The summed E-state index contributed by atoms with van der Waals surface area (Å²) in [6.45, 7) is 4.70. The van der Waals surface area contributed by atoms with Crippen molar-refractivity contribution in [3.05, 3.63) is 42.3 Å². The van der Waals surface area contributed by atoms with E-state index >= 15 is 0 Å². The van der Waals surface area contributed by atoms with E-state index in [-0.39, 0.29) is 17.5 Å². The van der Waals surface area contributed by atoms with Gasteiger partial charge in [0.2, 0.25) is 5.91 Å². The number of thioether (sulfide) groups is 1. The second-order valence-electron chi connectivity index (χ2n) is 8.85. The van der Waals surface area contributed by atoms with Gasteiger partial charge in [-0.15, -0.1) is 10.2 Å². The number of ether oxygens (including phenoxy) is 1. The standard InChI is InChI=1S/C24H30FN7O2S/c25-19-7-5-18(6-8-19)23-28-29-24(31(23)12-11-30-13-15-34-16-14-30)35-17-22(33)27-21-9-10-26-32(21)20-3-1-2-4-20/h5-10,20H,1-4,11-17H2,(H,27,33). The van der Waals surface area contributed by atoms with Crippen molar-refractivity contribution in [2.45, 2.75) is 43.4 Å². The summed E-state index contributed by atoms with van der Waals surface area (Å²) in [5.74, 6) is 1.20. The van der Waals surface area contributed by atoms with Gasteiger partial charge in [-0.05, 0) is 37.1 Å². The SMILES string of the molecule is O=C(CSc1nnc(-c2ccc(F)cc2)n1CCN1CCOCC1)Nc1ccnn1C1CCCC1. The van der Waals surface area contributed by atoms with Gasteiger partial charge >= 0.3 is 0 Å². The quantitative estimate of drug-likeness (QED) is 0.451. The summed E-state index contributed by atoms with van der Waals surface area (Å²) in [5.41, 5.74) is 0.789. The van der Waals surface area contributed by atoms with E-state index in [1.54, 1.807) is 18.3 Å². The van der Waals surface area contributed by atoms with E-state index in [0.29, 0.717) is 23.6 Å². The first-order valence-corrected chi connectivity index (χ1v) is 13.1. The van der Waals surface area contributed by atoms with Crippen molar-refractivity contribution in [1.82, 2.24) is 29.4 Å². The molecule has 3 aromatic rings. The number of rotatable bonds is 9. The molecule has 11 heteroatoms. The Hall–Kier alpha value is -2.76. The molecule has 1 saturated carbocycles. The molecule has 2 aliphatic rings. The predicted octanol–water partition coefficient (Wildman–Crippen LogP) is 3.46. The fourth-order valence-corrected chi connectivity index (χ4v) is 5.40. The molecule has 0 atom stereocenters. The second-order valence-corrected chi connectivity index (χ2v) is 9.80. The number of carbonyl (C=O) groups excluding carboxylic acids is 1. The van der Waals surface area contributed by atoms with Crippen LogP contribution in [0.15, 0.2) is 41.7 Å². The average Bonchev–Trinajstić information content (AvgIpc) is 3.64. The molecular formula is C24H30FN7O2S. The number of carbonyl (C=O) groups is 1. The highest BCUT2D eigenvalue weighted by Crippen LogP contribution is 2.31. The number of amides is 1. The number of nitrogens with one attached hydrogen (secondary N) is 1. The molecule has 0 unspecified atom stereocenters. The molecule has 2 fully saturated rings. The smallest absolute Gasteiger partial charge is 0.235 e. The van der Waals surface area contributed by atoms with Gasteiger partial charge in [-0.1, -0.05) is 24.6 Å². The Kier molecular flexibility index (Phi) is 7.75. The zero-order valence-electron chi connectivity index (χ0n) is 19.6. The lowest BCUT2D eigenvalue weighted by Crippen LogP contribution is -2.38. The van der Waals surface area contributed by atoms with Crippen LogP contribution in [0.4, 0.5) is 10.2 Å². The van der Waals surface area contributed by atoms with Crippen LogP contribution in [0.25, 0.3) is 11.4 Å². The number of nitrogens with zero attached hydrogens (tertiary/aromatic N) is 6. The van der Waals surface area contributed by atoms with Crippen molar-refractivity contribution in [3.8, 4) is 11.4 Å². The predicted molar refractivity (Wildman–Crippen MR) is 132 cm³/mol. The fourth-order valence-electron chi connectivity index (χ4n) is 4.64. The molecular weight excluding hydrogens is 469 g/mol.